The second kappa shape index (κ2) is 9.11. The third-order valence-electron chi connectivity index (χ3n) is 5.49. The first kappa shape index (κ1) is 20.3. The Morgan fingerprint density at radius 3 is 2.31 bits per heavy atom. The van der Waals surface area contributed by atoms with Crippen LogP contribution in [-0.4, -0.2) is 24.5 Å². The van der Waals surface area contributed by atoms with Crippen LogP contribution in [0, 0.1) is 32.6 Å². The van der Waals surface area contributed by atoms with Crippen molar-refractivity contribution in [2.45, 2.75) is 65.7 Å². The highest BCUT2D eigenvalue weighted by atomic mass is 16.2. The molecule has 2 rings (SSSR count). The van der Waals surface area contributed by atoms with E-state index < -0.39 is 5.92 Å². The average Bonchev–Trinajstić information content (AvgIpc) is 2.48. The summed E-state index contributed by atoms with van der Waals surface area (Å²) in [5.74, 6) is -0.251. The number of benzene rings is 1. The van der Waals surface area contributed by atoms with Crippen LogP contribution in [-0.2, 0) is 14.4 Å². The van der Waals surface area contributed by atoms with Gasteiger partial charge in [-0.05, 0) is 62.6 Å². The Balaban J connectivity index is 1.90. The number of rotatable bonds is 9. The maximum Gasteiger partial charge on any atom is 0.223 e. The van der Waals surface area contributed by atoms with E-state index in [0.717, 1.165) is 54.2 Å². The van der Waals surface area contributed by atoms with Gasteiger partial charge < -0.3 is 10.1 Å². The minimum absolute atomic E-state index is 0.0344. The molecule has 4 nitrogen and oxygen atoms in total. The first-order chi connectivity index (χ1) is 12.3. The van der Waals surface area contributed by atoms with Crippen LogP contribution in [0.2, 0.25) is 0 Å². The van der Waals surface area contributed by atoms with Crippen LogP contribution in [0.1, 0.15) is 67.2 Å². The Labute approximate surface area is 156 Å². The molecule has 142 valence electrons. The first-order valence-electron chi connectivity index (χ1n) is 9.67. The average molecular weight is 357 g/mol. The van der Waals surface area contributed by atoms with Gasteiger partial charge in [0.05, 0.1) is 5.92 Å². The van der Waals surface area contributed by atoms with E-state index in [4.69, 9.17) is 0 Å². The summed E-state index contributed by atoms with van der Waals surface area (Å²) < 4.78 is 0. The molecule has 0 aromatic heterocycles. The summed E-state index contributed by atoms with van der Waals surface area (Å²) in [6, 6.07) is 4.04. The molecule has 1 fully saturated rings. The fourth-order valence-corrected chi connectivity index (χ4v) is 3.82. The highest BCUT2D eigenvalue weighted by Crippen LogP contribution is 2.28. The molecule has 4 heteroatoms. The zero-order chi connectivity index (χ0) is 19.3. The number of aryl methyl sites for hydroxylation is 3. The van der Waals surface area contributed by atoms with Gasteiger partial charge >= 0.3 is 0 Å². The number of nitrogens with one attached hydrogen (secondary N) is 1. The zero-order valence-electron chi connectivity index (χ0n) is 16.4. The van der Waals surface area contributed by atoms with Crippen molar-refractivity contribution in [3.63, 3.8) is 0 Å². The van der Waals surface area contributed by atoms with E-state index >= 15 is 0 Å². The second-order valence-electron chi connectivity index (χ2n) is 7.91. The molecule has 1 aliphatic carbocycles. The summed E-state index contributed by atoms with van der Waals surface area (Å²) in [6.07, 6.45) is 5.02. The van der Waals surface area contributed by atoms with Gasteiger partial charge in [0.1, 0.15) is 12.1 Å². The molecule has 26 heavy (non-hydrogen) atoms. The van der Waals surface area contributed by atoms with Gasteiger partial charge in [-0.1, -0.05) is 31.0 Å². The SMILES string of the molecule is Cc1cc(C)c(C(C=O)C(=O)CC(C)CCNC(=O)C2CCC2)c(C)c1. The molecule has 1 amide bonds. The first-order valence-corrected chi connectivity index (χ1v) is 9.67. The Bertz CT molecular complexity index is 653. The van der Waals surface area contributed by atoms with Crippen molar-refractivity contribution < 1.29 is 14.4 Å². The third-order valence-corrected chi connectivity index (χ3v) is 5.49. The van der Waals surface area contributed by atoms with Crippen molar-refractivity contribution in [2.75, 3.05) is 6.54 Å². The van der Waals surface area contributed by atoms with Crippen molar-refractivity contribution in [2.24, 2.45) is 11.8 Å². The van der Waals surface area contributed by atoms with Gasteiger partial charge in [0.2, 0.25) is 5.91 Å². The lowest BCUT2D eigenvalue weighted by atomic mass is 9.84. The quantitative estimate of drug-likeness (QED) is 0.540. The van der Waals surface area contributed by atoms with Crippen molar-refractivity contribution in [1.82, 2.24) is 5.32 Å². The molecule has 0 spiro atoms. The topological polar surface area (TPSA) is 63.2 Å². The lowest BCUT2D eigenvalue weighted by molar-refractivity contribution is -0.127. The molecule has 0 aliphatic heterocycles. The van der Waals surface area contributed by atoms with Gasteiger partial charge in [-0.25, -0.2) is 0 Å². The molecule has 0 bridgehead atoms. The normalized spacial score (nSPS) is 16.5. The molecule has 2 atom stereocenters. The van der Waals surface area contributed by atoms with Gasteiger partial charge in [-0.2, -0.15) is 0 Å². The van der Waals surface area contributed by atoms with E-state index in [1.54, 1.807) is 0 Å². The molecule has 1 aliphatic rings. The van der Waals surface area contributed by atoms with Gasteiger partial charge in [-0.3, -0.25) is 9.59 Å². The lowest BCUT2D eigenvalue weighted by Crippen LogP contribution is -2.35. The third kappa shape index (κ3) is 5.03. The van der Waals surface area contributed by atoms with E-state index in [9.17, 15) is 14.4 Å². The maximum atomic E-state index is 12.7. The zero-order valence-corrected chi connectivity index (χ0v) is 16.4. The van der Waals surface area contributed by atoms with E-state index in [-0.39, 0.29) is 23.5 Å². The Morgan fingerprint density at radius 1 is 1.19 bits per heavy atom. The smallest absolute Gasteiger partial charge is 0.223 e. The Morgan fingerprint density at radius 2 is 1.81 bits per heavy atom. The molecule has 2 unspecified atom stereocenters. The predicted octanol–water partition coefficient (Wildman–Crippen LogP) is 3.80. The molecule has 0 saturated heterocycles. The number of carbonyl (C=O) groups excluding carboxylic acids is 3. The molecule has 1 aromatic rings. The summed E-state index contributed by atoms with van der Waals surface area (Å²) in [6.45, 7) is 8.53. The molecule has 0 radical (unpaired) electrons. The predicted molar refractivity (Wildman–Crippen MR) is 103 cm³/mol. The van der Waals surface area contributed by atoms with E-state index in [2.05, 4.69) is 5.32 Å². The maximum absolute atomic E-state index is 12.7. The number of hydrogen-bond acceptors (Lipinski definition) is 3. The minimum Gasteiger partial charge on any atom is -0.356 e. The highest BCUT2D eigenvalue weighted by molar-refractivity contribution is 5.99. The summed E-state index contributed by atoms with van der Waals surface area (Å²) >= 11 is 0. The summed E-state index contributed by atoms with van der Waals surface area (Å²) in [7, 11) is 0. The van der Waals surface area contributed by atoms with Gasteiger partial charge in [0, 0.05) is 18.9 Å². The molecule has 1 saturated carbocycles. The van der Waals surface area contributed by atoms with Crippen LogP contribution in [0.25, 0.3) is 0 Å². The van der Waals surface area contributed by atoms with Gasteiger partial charge in [0.25, 0.3) is 0 Å². The largest absolute Gasteiger partial charge is 0.356 e. The fourth-order valence-electron chi connectivity index (χ4n) is 3.82. The molecule has 1 N–H and O–H groups in total. The Hall–Kier alpha value is -1.97. The number of Topliss-reactive ketones (excluding diaryl/α,β-unsaturated/α-hetero) is 1. The number of amides is 1. The summed E-state index contributed by atoms with van der Waals surface area (Å²) in [4.78, 5) is 36.2. The van der Waals surface area contributed by atoms with Crippen LogP contribution in [0.5, 0.6) is 0 Å². The highest BCUT2D eigenvalue weighted by Gasteiger charge is 2.26. The summed E-state index contributed by atoms with van der Waals surface area (Å²) in [5.41, 5.74) is 3.97. The number of aldehydes is 1. The van der Waals surface area contributed by atoms with Crippen LogP contribution < -0.4 is 5.32 Å². The number of ketones is 1. The molecule has 0 heterocycles. The van der Waals surface area contributed by atoms with Crippen molar-refractivity contribution in [1.29, 1.82) is 0 Å². The van der Waals surface area contributed by atoms with Gasteiger partial charge in [-0.15, -0.1) is 0 Å². The van der Waals surface area contributed by atoms with E-state index in [1.165, 1.54) is 0 Å². The molecular formula is C22H31NO3. The summed E-state index contributed by atoms with van der Waals surface area (Å²) in [5, 5.41) is 2.97. The molecule has 1 aromatic carbocycles. The van der Waals surface area contributed by atoms with Crippen molar-refractivity contribution in [3.05, 3.63) is 34.4 Å². The lowest BCUT2D eigenvalue weighted by Gasteiger charge is -2.24. The van der Waals surface area contributed by atoms with Crippen LogP contribution in [0.4, 0.5) is 0 Å². The molecular weight excluding hydrogens is 326 g/mol. The standard InChI is InChI=1S/C22H31NO3/c1-14(8-9-23-22(26)18-6-5-7-18)12-20(25)19(13-24)21-16(3)10-15(2)11-17(21)4/h10-11,13-14,18-19H,5-9,12H2,1-4H3,(H,23,26). The minimum atomic E-state index is -0.692. The van der Waals surface area contributed by atoms with Crippen LogP contribution in [0.3, 0.4) is 0 Å². The van der Waals surface area contributed by atoms with Crippen molar-refractivity contribution in [3.8, 4) is 0 Å². The van der Waals surface area contributed by atoms with E-state index in [0.29, 0.717) is 13.0 Å². The monoisotopic (exact) mass is 357 g/mol. The number of carbonyl (C=O) groups is 3. The van der Waals surface area contributed by atoms with E-state index in [1.807, 2.05) is 39.8 Å². The van der Waals surface area contributed by atoms with Gasteiger partial charge in [0.15, 0.2) is 0 Å². The van der Waals surface area contributed by atoms with Crippen LogP contribution in [0.15, 0.2) is 12.1 Å². The van der Waals surface area contributed by atoms with Crippen LogP contribution >= 0.6 is 0 Å². The Kier molecular flexibility index (Phi) is 7.13. The number of hydrogen-bond donors (Lipinski definition) is 1. The van der Waals surface area contributed by atoms with Crippen molar-refractivity contribution >= 4 is 18.0 Å². The second-order valence-corrected chi connectivity index (χ2v) is 7.91. The fraction of sp³-hybridized carbons (Fsp3) is 0.591.